The molecule has 0 radical (unpaired) electrons. The van der Waals surface area contributed by atoms with Crippen molar-refractivity contribution in [3.05, 3.63) is 0 Å². The Kier molecular flexibility index (Phi) is 98.6. The van der Waals surface area contributed by atoms with Crippen LogP contribution in [-0.4, -0.2) is 0 Å². The van der Waals surface area contributed by atoms with Gasteiger partial charge >= 0.3 is 51.4 Å². The summed E-state index contributed by atoms with van der Waals surface area (Å²) >= 11 is 0. The molecule has 0 spiro atoms. The minimum atomic E-state index is 0. The van der Waals surface area contributed by atoms with Gasteiger partial charge in [-0.05, 0) is 0 Å². The second-order valence-electron chi connectivity index (χ2n) is 0. The second kappa shape index (κ2) is 15.8. The third-order valence-electron chi connectivity index (χ3n) is 0. The molecule has 0 unspecified atom stereocenters. The molecule has 0 aliphatic rings. The molecule has 0 aromatic heterocycles. The van der Waals surface area contributed by atoms with Crippen LogP contribution in [0.3, 0.4) is 0 Å². The van der Waals surface area contributed by atoms with E-state index in [9.17, 15) is 0 Å². The molecule has 0 saturated heterocycles. The maximum absolute atomic E-state index is 0. The van der Waals surface area contributed by atoms with Gasteiger partial charge in [-0.15, -0.1) is 71.9 Å². The van der Waals surface area contributed by atoms with Gasteiger partial charge in [0.05, 0.1) is 0 Å². The van der Waals surface area contributed by atoms with E-state index in [4.69, 9.17) is 0 Å². The summed E-state index contributed by atoms with van der Waals surface area (Å²) < 4.78 is 0. The van der Waals surface area contributed by atoms with Crippen LogP contribution in [0.25, 0.3) is 0 Å². The van der Waals surface area contributed by atoms with Crippen LogP contribution in [0.5, 0.6) is 0 Å². The molecule has 0 fully saturated rings. The van der Waals surface area contributed by atoms with Crippen LogP contribution in [0.1, 0.15) is 1.43 Å². The van der Waals surface area contributed by atoms with Gasteiger partial charge < -0.3 is 1.43 Å². The fraction of sp³-hybridized carbons (Fsp3) is 0. The number of hydrogen-bond acceptors (Lipinski definition) is 0. The van der Waals surface area contributed by atoms with Crippen molar-refractivity contribution >= 4 is 71.9 Å². The van der Waals surface area contributed by atoms with Crippen LogP contribution in [0.4, 0.5) is 0 Å². The summed E-state index contributed by atoms with van der Waals surface area (Å²) in [5.41, 5.74) is 0. The van der Waals surface area contributed by atoms with Crippen LogP contribution in [0, 0.1) is 0 Å². The molecule has 0 heterocycles. The van der Waals surface area contributed by atoms with Crippen LogP contribution >= 0.6 is 71.9 Å². The van der Waals surface area contributed by atoms with E-state index in [-0.39, 0.29) is 125 Å². The van der Waals surface area contributed by atoms with E-state index in [0.717, 1.165) is 0 Å². The summed E-state index contributed by atoms with van der Waals surface area (Å²) in [6, 6.07) is 0. The van der Waals surface area contributed by atoms with Crippen molar-refractivity contribution in [2.75, 3.05) is 0 Å². The Morgan fingerprint density at radius 3 is 0.750 bits per heavy atom. The Bertz CT molecular complexity index is 6.85. The topological polar surface area (TPSA) is 0 Å². The summed E-state index contributed by atoms with van der Waals surface area (Å²) in [5, 5.41) is 0. The van der Waals surface area contributed by atoms with E-state index in [1.807, 2.05) is 0 Å². The Morgan fingerprint density at radius 1 is 0.750 bits per heavy atom. The number of hydrogen-bond donors (Lipinski definition) is 0. The molecule has 0 rings (SSSR count). The van der Waals surface area contributed by atoms with Crippen molar-refractivity contribution in [1.29, 1.82) is 0 Å². The van der Waals surface area contributed by atoms with Gasteiger partial charge in [-0.25, -0.2) is 0 Å². The molecule has 26 valence electrons. The van der Waals surface area contributed by atoms with E-state index < -0.39 is 0 Å². The van der Waals surface area contributed by atoms with Gasteiger partial charge in [0, 0.05) is 0 Å². The van der Waals surface area contributed by atoms with Crippen molar-refractivity contribution in [3.8, 4) is 0 Å². The molecular formula is H4I3K. The first-order chi connectivity index (χ1) is 0. The predicted molar refractivity (Wildman–Crippen MR) is 47.4 cm³/mol. The number of halogens is 3. The van der Waals surface area contributed by atoms with Gasteiger partial charge in [-0.3, -0.25) is 0 Å². The summed E-state index contributed by atoms with van der Waals surface area (Å²) in [7, 11) is 0. The molecule has 0 aromatic carbocycles. The maximum Gasteiger partial charge on any atom is 1.00 e. The Labute approximate surface area is 121 Å². The van der Waals surface area contributed by atoms with Gasteiger partial charge in [0.25, 0.3) is 0 Å². The van der Waals surface area contributed by atoms with Gasteiger partial charge in [-0.2, -0.15) is 0 Å². The molecule has 0 nitrogen and oxygen atoms in total. The second-order valence-corrected chi connectivity index (χ2v) is 0. The molecule has 0 N–H and O–H groups in total. The molecular weight excluding hydrogens is 420 g/mol. The largest absolute Gasteiger partial charge is 1.00 e. The Morgan fingerprint density at radius 2 is 0.750 bits per heavy atom. The van der Waals surface area contributed by atoms with Crippen molar-refractivity contribution in [2.45, 2.75) is 0 Å². The minimum absolute atomic E-state index is 0. The van der Waals surface area contributed by atoms with Gasteiger partial charge in [-0.1, -0.05) is 0 Å². The standard InChI is InChI=1S/3HI.K.H/h3*1H;;/q;;;+1;-1. The van der Waals surface area contributed by atoms with E-state index in [2.05, 4.69) is 0 Å². The molecule has 0 aliphatic carbocycles. The normalized spacial score (nSPS) is 0. The summed E-state index contributed by atoms with van der Waals surface area (Å²) in [6.07, 6.45) is 0. The van der Waals surface area contributed by atoms with Crippen LogP contribution in [0.2, 0.25) is 0 Å². The Hall–Kier alpha value is 3.83. The van der Waals surface area contributed by atoms with Crippen molar-refractivity contribution in [2.24, 2.45) is 0 Å². The molecule has 4 heteroatoms. The monoisotopic (exact) mass is 424 g/mol. The van der Waals surface area contributed by atoms with E-state index >= 15 is 0 Å². The molecule has 0 aromatic rings. The van der Waals surface area contributed by atoms with Gasteiger partial charge in [0.1, 0.15) is 0 Å². The van der Waals surface area contributed by atoms with E-state index in [1.165, 1.54) is 0 Å². The molecule has 0 atom stereocenters. The van der Waals surface area contributed by atoms with Crippen molar-refractivity contribution < 1.29 is 52.8 Å². The van der Waals surface area contributed by atoms with Crippen molar-refractivity contribution in [3.63, 3.8) is 0 Å². The molecule has 0 aliphatic heterocycles. The summed E-state index contributed by atoms with van der Waals surface area (Å²) in [6.45, 7) is 0. The van der Waals surface area contributed by atoms with Crippen LogP contribution in [0.15, 0.2) is 0 Å². The molecule has 4 heavy (non-hydrogen) atoms. The van der Waals surface area contributed by atoms with E-state index in [1.54, 1.807) is 0 Å². The fourth-order valence-corrected chi connectivity index (χ4v) is 0. The average molecular weight is 424 g/mol. The van der Waals surface area contributed by atoms with Crippen LogP contribution in [-0.2, 0) is 0 Å². The first-order valence-corrected chi connectivity index (χ1v) is 0. The third kappa shape index (κ3) is 9.27. The zero-order valence-electron chi connectivity index (χ0n) is 3.22. The molecule has 0 saturated carbocycles. The number of rotatable bonds is 0. The zero-order chi connectivity index (χ0) is 0. The SMILES string of the molecule is I.I.I.[H-].[K+]. The van der Waals surface area contributed by atoms with E-state index in [0.29, 0.717) is 0 Å². The minimum Gasteiger partial charge on any atom is -1.00 e. The summed E-state index contributed by atoms with van der Waals surface area (Å²) in [4.78, 5) is 0. The van der Waals surface area contributed by atoms with Crippen molar-refractivity contribution in [1.82, 2.24) is 0 Å². The average Bonchev–Trinajstić information content (AvgIpc) is 0. The van der Waals surface area contributed by atoms with Crippen LogP contribution < -0.4 is 51.4 Å². The fourth-order valence-electron chi connectivity index (χ4n) is 0. The first kappa shape index (κ1) is 24.9. The zero-order valence-corrected chi connectivity index (χ0v) is 12.3. The van der Waals surface area contributed by atoms with Gasteiger partial charge in [0.15, 0.2) is 0 Å². The third-order valence-corrected chi connectivity index (χ3v) is 0. The predicted octanol–water partition coefficient (Wildman–Crippen LogP) is -1.03. The smallest absolute Gasteiger partial charge is 1.00 e. The quantitative estimate of drug-likeness (QED) is 0.345. The maximum atomic E-state index is 0. The first-order valence-electron chi connectivity index (χ1n) is 0. The Balaban J connectivity index is 0. The molecule has 0 bridgehead atoms. The molecule has 0 amide bonds. The van der Waals surface area contributed by atoms with Gasteiger partial charge in [0.2, 0.25) is 0 Å². The summed E-state index contributed by atoms with van der Waals surface area (Å²) in [5.74, 6) is 0.